The second-order valence-corrected chi connectivity index (χ2v) is 5.10. The van der Waals surface area contributed by atoms with Crippen LogP contribution in [-0.2, 0) is 6.54 Å². The van der Waals surface area contributed by atoms with Gasteiger partial charge in [-0.2, -0.15) is 0 Å². The van der Waals surface area contributed by atoms with Crippen molar-refractivity contribution in [1.82, 2.24) is 9.88 Å². The zero-order chi connectivity index (χ0) is 13.8. The maximum Gasteiger partial charge on any atom is 0.272 e. The van der Waals surface area contributed by atoms with Crippen LogP contribution in [0.5, 0.6) is 5.75 Å². The van der Waals surface area contributed by atoms with E-state index in [0.717, 1.165) is 10.0 Å². The number of pyridine rings is 1. The molecule has 1 amide bonds. The fourth-order valence-electron chi connectivity index (χ4n) is 1.64. The first-order valence-corrected chi connectivity index (χ1v) is 6.50. The van der Waals surface area contributed by atoms with E-state index in [2.05, 4.69) is 20.9 Å². The first-order valence-electron chi connectivity index (χ1n) is 5.71. The Labute approximate surface area is 119 Å². The van der Waals surface area contributed by atoms with Crippen molar-refractivity contribution < 1.29 is 9.90 Å². The zero-order valence-corrected chi connectivity index (χ0v) is 12.0. The van der Waals surface area contributed by atoms with Crippen molar-refractivity contribution in [3.63, 3.8) is 0 Å². The van der Waals surface area contributed by atoms with Crippen LogP contribution in [0.1, 0.15) is 16.1 Å². The van der Waals surface area contributed by atoms with Crippen molar-refractivity contribution in [3.8, 4) is 5.75 Å². The number of carbonyl (C=O) groups is 1. The normalized spacial score (nSPS) is 10.2. The summed E-state index contributed by atoms with van der Waals surface area (Å²) in [5.41, 5.74) is 1.36. The zero-order valence-electron chi connectivity index (χ0n) is 10.4. The van der Waals surface area contributed by atoms with Gasteiger partial charge in [-0.1, -0.05) is 12.1 Å². The topological polar surface area (TPSA) is 53.4 Å². The summed E-state index contributed by atoms with van der Waals surface area (Å²) in [5, 5.41) is 9.21. The van der Waals surface area contributed by atoms with Crippen LogP contribution in [-0.4, -0.2) is 27.9 Å². The molecule has 0 spiro atoms. The van der Waals surface area contributed by atoms with E-state index in [1.807, 2.05) is 0 Å². The minimum absolute atomic E-state index is 0.138. The maximum absolute atomic E-state index is 12.1. The molecule has 2 rings (SSSR count). The Morgan fingerprint density at radius 1 is 1.26 bits per heavy atom. The number of amides is 1. The van der Waals surface area contributed by atoms with E-state index >= 15 is 0 Å². The average molecular weight is 321 g/mol. The third-order valence-corrected chi connectivity index (χ3v) is 3.12. The van der Waals surface area contributed by atoms with E-state index in [-0.39, 0.29) is 11.7 Å². The quantitative estimate of drug-likeness (QED) is 0.946. The van der Waals surface area contributed by atoms with Gasteiger partial charge in [-0.3, -0.25) is 4.79 Å². The van der Waals surface area contributed by atoms with Crippen LogP contribution >= 0.6 is 15.9 Å². The van der Waals surface area contributed by atoms with Gasteiger partial charge < -0.3 is 10.0 Å². The summed E-state index contributed by atoms with van der Waals surface area (Å²) in [4.78, 5) is 17.8. The van der Waals surface area contributed by atoms with Crippen LogP contribution in [0.15, 0.2) is 47.1 Å². The molecule has 0 saturated heterocycles. The van der Waals surface area contributed by atoms with Crippen molar-refractivity contribution in [3.05, 3.63) is 58.3 Å². The Hall–Kier alpha value is -1.88. The highest BCUT2D eigenvalue weighted by Gasteiger charge is 2.13. The Bertz CT molecular complexity index is 567. The second kappa shape index (κ2) is 5.84. The van der Waals surface area contributed by atoms with Crippen molar-refractivity contribution in [2.45, 2.75) is 6.54 Å². The molecular weight excluding hydrogens is 308 g/mol. The number of nitrogens with zero attached hydrogens (tertiary/aromatic N) is 2. The molecule has 1 aromatic carbocycles. The summed E-state index contributed by atoms with van der Waals surface area (Å²) in [6.45, 7) is 0.469. The van der Waals surface area contributed by atoms with E-state index in [0.29, 0.717) is 12.2 Å². The molecule has 2 aromatic rings. The maximum atomic E-state index is 12.1. The van der Waals surface area contributed by atoms with Crippen LogP contribution in [0.3, 0.4) is 0 Å². The van der Waals surface area contributed by atoms with Crippen molar-refractivity contribution in [1.29, 1.82) is 0 Å². The highest BCUT2D eigenvalue weighted by Crippen LogP contribution is 2.13. The van der Waals surface area contributed by atoms with Crippen molar-refractivity contribution in [2.75, 3.05) is 7.05 Å². The molecule has 0 unspecified atom stereocenters. The molecule has 0 saturated carbocycles. The van der Waals surface area contributed by atoms with Gasteiger partial charge in [-0.25, -0.2) is 4.98 Å². The molecule has 1 heterocycles. The largest absolute Gasteiger partial charge is 0.508 e. The summed E-state index contributed by atoms with van der Waals surface area (Å²) in [5.74, 6) is 0.0767. The van der Waals surface area contributed by atoms with Gasteiger partial charge in [0.2, 0.25) is 0 Å². The van der Waals surface area contributed by atoms with Gasteiger partial charge in [0.05, 0.1) is 0 Å². The Kier molecular flexibility index (Phi) is 4.16. The van der Waals surface area contributed by atoms with Crippen molar-refractivity contribution >= 4 is 21.8 Å². The number of aromatic nitrogens is 1. The lowest BCUT2D eigenvalue weighted by atomic mass is 10.2. The number of phenolic OH excluding ortho intramolecular Hbond substituents is 1. The summed E-state index contributed by atoms with van der Waals surface area (Å²) >= 11 is 3.28. The van der Waals surface area contributed by atoms with Crippen LogP contribution in [0.4, 0.5) is 0 Å². The van der Waals surface area contributed by atoms with E-state index in [1.165, 1.54) is 0 Å². The number of rotatable bonds is 3. The fraction of sp³-hybridized carbons (Fsp3) is 0.143. The smallest absolute Gasteiger partial charge is 0.272 e. The highest BCUT2D eigenvalue weighted by atomic mass is 79.9. The molecule has 5 heteroatoms. The molecule has 0 aliphatic carbocycles. The Morgan fingerprint density at radius 2 is 1.95 bits per heavy atom. The van der Waals surface area contributed by atoms with Gasteiger partial charge in [0.15, 0.2) is 0 Å². The molecule has 4 nitrogen and oxygen atoms in total. The molecule has 0 aliphatic rings. The molecule has 0 fully saturated rings. The monoisotopic (exact) mass is 320 g/mol. The van der Waals surface area contributed by atoms with Crippen LogP contribution < -0.4 is 0 Å². The number of aromatic hydroxyl groups is 1. The molecular formula is C14H13BrN2O2. The second-order valence-electron chi connectivity index (χ2n) is 4.19. The number of hydrogen-bond acceptors (Lipinski definition) is 3. The average Bonchev–Trinajstić information content (AvgIpc) is 2.41. The lowest BCUT2D eigenvalue weighted by molar-refractivity contribution is 0.0779. The summed E-state index contributed by atoms with van der Waals surface area (Å²) < 4.78 is 0.838. The molecule has 0 bridgehead atoms. The first-order chi connectivity index (χ1) is 9.06. The van der Waals surface area contributed by atoms with Crippen molar-refractivity contribution in [2.24, 2.45) is 0 Å². The minimum Gasteiger partial charge on any atom is -0.508 e. The summed E-state index contributed by atoms with van der Waals surface area (Å²) in [6.07, 6.45) is 1.60. The molecule has 98 valence electrons. The standard InChI is InChI=1S/C14H13BrN2O2/c1-17(9-10-2-5-12(18)6-3-10)14(19)13-7-4-11(15)8-16-13/h2-8,18H,9H2,1H3. The van der Waals surface area contributed by atoms with Gasteiger partial charge in [0.25, 0.3) is 5.91 Å². The molecule has 1 aromatic heterocycles. The van der Waals surface area contributed by atoms with E-state index < -0.39 is 0 Å². The minimum atomic E-state index is -0.138. The molecule has 0 atom stereocenters. The number of carbonyl (C=O) groups excluding carboxylic acids is 1. The van der Waals surface area contributed by atoms with Crippen LogP contribution in [0.2, 0.25) is 0 Å². The number of hydrogen-bond donors (Lipinski definition) is 1. The number of halogens is 1. The SMILES string of the molecule is CN(Cc1ccc(O)cc1)C(=O)c1ccc(Br)cn1. The van der Waals surface area contributed by atoms with Crippen LogP contribution in [0.25, 0.3) is 0 Å². The predicted octanol–water partition coefficient (Wildman–Crippen LogP) is 2.82. The van der Waals surface area contributed by atoms with Gasteiger partial charge >= 0.3 is 0 Å². The van der Waals surface area contributed by atoms with Gasteiger partial charge in [0, 0.05) is 24.3 Å². The van der Waals surface area contributed by atoms with E-state index in [1.54, 1.807) is 54.5 Å². The molecule has 1 N–H and O–H groups in total. The van der Waals surface area contributed by atoms with E-state index in [9.17, 15) is 9.90 Å². The molecule has 0 aliphatic heterocycles. The number of benzene rings is 1. The first kappa shape index (κ1) is 13.5. The van der Waals surface area contributed by atoms with E-state index in [4.69, 9.17) is 0 Å². The lowest BCUT2D eigenvalue weighted by Gasteiger charge is -2.16. The number of phenols is 1. The van der Waals surface area contributed by atoms with Gasteiger partial charge in [-0.05, 0) is 45.8 Å². The fourth-order valence-corrected chi connectivity index (χ4v) is 1.88. The lowest BCUT2D eigenvalue weighted by Crippen LogP contribution is -2.26. The highest BCUT2D eigenvalue weighted by molar-refractivity contribution is 9.10. The van der Waals surface area contributed by atoms with Gasteiger partial charge in [-0.15, -0.1) is 0 Å². The van der Waals surface area contributed by atoms with Gasteiger partial charge in [0.1, 0.15) is 11.4 Å². The molecule has 0 radical (unpaired) electrons. The third kappa shape index (κ3) is 3.54. The Morgan fingerprint density at radius 3 is 2.53 bits per heavy atom. The summed E-state index contributed by atoms with van der Waals surface area (Å²) in [7, 11) is 1.72. The summed E-state index contributed by atoms with van der Waals surface area (Å²) in [6, 6.07) is 10.2. The predicted molar refractivity (Wildman–Crippen MR) is 75.8 cm³/mol. The molecule has 19 heavy (non-hydrogen) atoms. The Balaban J connectivity index is 2.07. The third-order valence-electron chi connectivity index (χ3n) is 2.65. The van der Waals surface area contributed by atoms with Crippen LogP contribution in [0, 0.1) is 0 Å².